The van der Waals surface area contributed by atoms with Crippen LogP contribution in [0.15, 0.2) is 84.3 Å². The first-order chi connectivity index (χ1) is 20.0. The second kappa shape index (κ2) is 13.7. The van der Waals surface area contributed by atoms with E-state index in [0.29, 0.717) is 35.2 Å². The average molecular weight is 572 g/mol. The Labute approximate surface area is 242 Å². The number of rotatable bonds is 12. The van der Waals surface area contributed by atoms with Crippen LogP contribution in [-0.4, -0.2) is 46.9 Å². The number of hydrogen-bond acceptors (Lipinski definition) is 9. The van der Waals surface area contributed by atoms with Crippen LogP contribution in [0.1, 0.15) is 34.5 Å². The summed E-state index contributed by atoms with van der Waals surface area (Å²) >= 11 is 1.36. The second-order valence-corrected chi connectivity index (χ2v) is 10.7. The van der Waals surface area contributed by atoms with E-state index in [2.05, 4.69) is 31.2 Å². The lowest BCUT2D eigenvalue weighted by molar-refractivity contribution is -0.403. The van der Waals surface area contributed by atoms with Crippen LogP contribution in [0.5, 0.6) is 0 Å². The van der Waals surface area contributed by atoms with Crippen molar-refractivity contribution in [3.05, 3.63) is 105 Å². The number of benzene rings is 2. The molecule has 1 aliphatic heterocycles. The highest BCUT2D eigenvalue weighted by Crippen LogP contribution is 2.26. The van der Waals surface area contributed by atoms with Gasteiger partial charge >= 0.3 is 0 Å². The Morgan fingerprint density at radius 2 is 1.83 bits per heavy atom. The van der Waals surface area contributed by atoms with E-state index >= 15 is 0 Å². The summed E-state index contributed by atoms with van der Waals surface area (Å²) in [5.41, 5.74) is 3.97. The van der Waals surface area contributed by atoms with Crippen LogP contribution in [0.4, 0.5) is 17.1 Å². The van der Waals surface area contributed by atoms with Crippen molar-refractivity contribution in [3.63, 3.8) is 0 Å². The van der Waals surface area contributed by atoms with Gasteiger partial charge in [-0.2, -0.15) is 0 Å². The average Bonchev–Trinajstić information content (AvgIpc) is 3.45. The molecule has 1 saturated heterocycles. The molecule has 0 spiro atoms. The molecule has 3 heterocycles. The molecule has 10 nitrogen and oxygen atoms in total. The number of nitrogens with zero attached hydrogens (tertiary/aromatic N) is 3. The minimum atomic E-state index is -0.484. The van der Waals surface area contributed by atoms with Crippen molar-refractivity contribution in [1.29, 1.82) is 0 Å². The van der Waals surface area contributed by atoms with Gasteiger partial charge in [0.2, 0.25) is 0 Å². The summed E-state index contributed by atoms with van der Waals surface area (Å²) in [6.45, 7) is 4.09. The molecule has 41 heavy (non-hydrogen) atoms. The molecular formula is C30H33N7O3S. The number of carbonyl (C=O) groups is 1. The number of nitrogens with one attached hydrogen (secondary N) is 4. The van der Waals surface area contributed by atoms with Gasteiger partial charge in [-0.3, -0.25) is 19.9 Å². The van der Waals surface area contributed by atoms with E-state index in [1.807, 2.05) is 41.8 Å². The Morgan fingerprint density at radius 3 is 2.66 bits per heavy atom. The van der Waals surface area contributed by atoms with E-state index in [4.69, 9.17) is 0 Å². The summed E-state index contributed by atoms with van der Waals surface area (Å²) in [6, 6.07) is 19.0. The first kappa shape index (κ1) is 28.1. The Kier molecular flexibility index (Phi) is 9.40. The Bertz CT molecular complexity index is 1530. The number of nitro groups is 1. The smallest absolute Gasteiger partial charge is 0.274 e. The molecule has 1 amide bonds. The van der Waals surface area contributed by atoms with Gasteiger partial charge in [-0.25, -0.2) is 0 Å². The van der Waals surface area contributed by atoms with Crippen LogP contribution in [-0.2, 0) is 6.54 Å². The van der Waals surface area contributed by atoms with Crippen molar-refractivity contribution in [1.82, 2.24) is 15.2 Å². The third-order valence-corrected chi connectivity index (χ3v) is 7.82. The first-order valence-corrected chi connectivity index (χ1v) is 14.6. The van der Waals surface area contributed by atoms with Gasteiger partial charge in [0.15, 0.2) is 5.82 Å². The Balaban J connectivity index is 1.20. The zero-order valence-electron chi connectivity index (χ0n) is 22.6. The third kappa shape index (κ3) is 7.80. The van der Waals surface area contributed by atoms with E-state index in [-0.39, 0.29) is 5.91 Å². The molecule has 11 heteroatoms. The number of piperidine rings is 1. The third-order valence-electron chi connectivity index (χ3n) is 6.91. The zero-order chi connectivity index (χ0) is 28.4. The predicted molar refractivity (Wildman–Crippen MR) is 165 cm³/mol. The highest BCUT2D eigenvalue weighted by molar-refractivity contribution is 7.12. The molecule has 0 bridgehead atoms. The number of anilines is 3. The number of amides is 1. The summed E-state index contributed by atoms with van der Waals surface area (Å²) in [6.07, 6.45) is 6.37. The highest BCUT2D eigenvalue weighted by Gasteiger charge is 2.15. The van der Waals surface area contributed by atoms with Crippen molar-refractivity contribution >= 4 is 45.2 Å². The highest BCUT2D eigenvalue weighted by atomic mass is 32.1. The lowest BCUT2D eigenvalue weighted by Crippen LogP contribution is -2.36. The minimum Gasteiger partial charge on any atom is -0.380 e. The number of carbonyl (C=O) groups excluding carboxylic acids is 1. The molecular weight excluding hydrogens is 538 g/mol. The number of pyridine rings is 1. The van der Waals surface area contributed by atoms with E-state index in [1.54, 1.807) is 30.5 Å². The molecule has 4 N–H and O–H groups in total. The molecule has 1 aliphatic rings. The quantitative estimate of drug-likeness (QED) is 0.126. The number of aromatic nitrogens is 1. The number of hydrogen-bond donors (Lipinski definition) is 4. The lowest BCUT2D eigenvalue weighted by atomic mass is 10.1. The standard InChI is InChI=1S/C30H33N7O3S/c38-30(29-27(12-18-41-29)33-20-22-11-13-31-26-10-3-2-9-25(22)26)35-24-8-6-7-23(19-24)34-28(21-37(39)40)32-14-17-36-15-4-1-5-16-36/h2-3,6-13,18-19,21,32-34H,1,4-5,14-17,20H2,(H,35,38)/b28-21-. The van der Waals surface area contributed by atoms with E-state index < -0.39 is 4.92 Å². The normalized spacial score (nSPS) is 14.0. The fourth-order valence-corrected chi connectivity index (χ4v) is 5.67. The maximum Gasteiger partial charge on any atom is 0.274 e. The minimum absolute atomic E-state index is 0.236. The molecule has 5 rings (SSSR count). The predicted octanol–water partition coefficient (Wildman–Crippen LogP) is 5.72. The summed E-state index contributed by atoms with van der Waals surface area (Å²) in [5.74, 6) is 0.0591. The van der Waals surface area contributed by atoms with Crippen LogP contribution in [0.25, 0.3) is 10.9 Å². The summed E-state index contributed by atoms with van der Waals surface area (Å²) in [4.78, 5) is 31.3. The van der Waals surface area contributed by atoms with Crippen LogP contribution in [0, 0.1) is 10.1 Å². The maximum atomic E-state index is 13.2. The van der Waals surface area contributed by atoms with Gasteiger partial charge < -0.3 is 26.2 Å². The van der Waals surface area contributed by atoms with Gasteiger partial charge in [0.05, 0.1) is 16.1 Å². The molecule has 0 aliphatic carbocycles. The van der Waals surface area contributed by atoms with Crippen LogP contribution >= 0.6 is 11.3 Å². The van der Waals surface area contributed by atoms with Crippen LogP contribution < -0.4 is 21.3 Å². The fraction of sp³-hybridized carbons (Fsp3) is 0.267. The van der Waals surface area contributed by atoms with Crippen molar-refractivity contribution in [2.24, 2.45) is 0 Å². The molecule has 2 aromatic carbocycles. The van der Waals surface area contributed by atoms with E-state index in [1.165, 1.54) is 30.6 Å². The Hall–Kier alpha value is -4.48. The Morgan fingerprint density at radius 1 is 1.02 bits per heavy atom. The van der Waals surface area contributed by atoms with E-state index in [0.717, 1.165) is 48.0 Å². The number of fused-ring (bicyclic) bond motifs is 1. The number of para-hydroxylation sites is 1. The zero-order valence-corrected chi connectivity index (χ0v) is 23.5. The molecule has 212 valence electrons. The summed E-state index contributed by atoms with van der Waals surface area (Å²) in [7, 11) is 0. The maximum absolute atomic E-state index is 13.2. The topological polar surface area (TPSA) is 124 Å². The van der Waals surface area contributed by atoms with Gasteiger partial charge in [-0.1, -0.05) is 30.7 Å². The van der Waals surface area contributed by atoms with Crippen molar-refractivity contribution in [2.75, 3.05) is 42.1 Å². The van der Waals surface area contributed by atoms with Crippen molar-refractivity contribution in [3.8, 4) is 0 Å². The van der Waals surface area contributed by atoms with Crippen LogP contribution in [0.2, 0.25) is 0 Å². The molecule has 0 radical (unpaired) electrons. The summed E-state index contributed by atoms with van der Waals surface area (Å²) < 4.78 is 0. The van der Waals surface area contributed by atoms with Gasteiger partial charge in [-0.15, -0.1) is 11.3 Å². The second-order valence-electron chi connectivity index (χ2n) is 9.82. The molecule has 1 fully saturated rings. The van der Waals surface area contributed by atoms with Gasteiger partial charge in [-0.05, 0) is 73.3 Å². The summed E-state index contributed by atoms with van der Waals surface area (Å²) in [5, 5.41) is 26.7. The molecule has 0 atom stereocenters. The number of likely N-dealkylation sites (tertiary alicyclic amines) is 1. The SMILES string of the molecule is O=C(Nc1cccc(N/C(=C\[N+](=O)[O-])NCCN2CCCCC2)c1)c1sccc1NCc1ccnc2ccccc12. The van der Waals surface area contributed by atoms with Crippen LogP contribution in [0.3, 0.4) is 0 Å². The fourth-order valence-electron chi connectivity index (χ4n) is 4.90. The van der Waals surface area contributed by atoms with Crippen molar-refractivity contribution in [2.45, 2.75) is 25.8 Å². The molecule has 0 saturated carbocycles. The van der Waals surface area contributed by atoms with Gasteiger partial charge in [0.25, 0.3) is 12.1 Å². The van der Waals surface area contributed by atoms with E-state index in [9.17, 15) is 14.9 Å². The van der Waals surface area contributed by atoms with Gasteiger partial charge in [0, 0.05) is 42.6 Å². The van der Waals surface area contributed by atoms with Gasteiger partial charge in [0.1, 0.15) is 4.88 Å². The largest absolute Gasteiger partial charge is 0.380 e. The number of thiophene rings is 1. The van der Waals surface area contributed by atoms with Crippen molar-refractivity contribution < 1.29 is 9.72 Å². The first-order valence-electron chi connectivity index (χ1n) is 13.7. The molecule has 0 unspecified atom stereocenters. The molecule has 4 aromatic rings. The molecule has 2 aromatic heterocycles. The lowest BCUT2D eigenvalue weighted by Gasteiger charge is -2.26. The monoisotopic (exact) mass is 571 g/mol.